The Morgan fingerprint density at radius 3 is 2.04 bits per heavy atom. The number of carboxylic acids is 1. The number of carboxylic acid groups (broad SMARTS) is 1. The molecule has 0 bridgehead atoms. The molecule has 1 aliphatic rings. The summed E-state index contributed by atoms with van der Waals surface area (Å²) in [5.41, 5.74) is -1.28. The van der Waals surface area contributed by atoms with Crippen LogP contribution in [0.1, 0.15) is 41.5 Å². The summed E-state index contributed by atoms with van der Waals surface area (Å²) in [6, 6.07) is 0. The quantitative estimate of drug-likeness (QED) is 0.812. The molecule has 1 heterocycles. The molecule has 2 unspecified atom stereocenters. The van der Waals surface area contributed by atoms with Crippen LogP contribution < -0.4 is 5.32 Å². The van der Waals surface area contributed by atoms with Crippen molar-refractivity contribution in [3.05, 3.63) is 0 Å². The highest BCUT2D eigenvalue weighted by molar-refractivity contribution is 5.75. The van der Waals surface area contributed by atoms with E-state index in [1.165, 1.54) is 4.90 Å². The number of ether oxygens (including phenoxy) is 2. The number of carbonyl (C=O) groups is 3. The summed E-state index contributed by atoms with van der Waals surface area (Å²) in [5, 5.41) is 11.9. The first kappa shape index (κ1) is 20.1. The van der Waals surface area contributed by atoms with E-state index in [4.69, 9.17) is 9.47 Å². The molecule has 8 nitrogen and oxygen atoms in total. The van der Waals surface area contributed by atoms with Crippen molar-refractivity contribution in [2.45, 2.75) is 52.7 Å². The summed E-state index contributed by atoms with van der Waals surface area (Å²) in [7, 11) is 0. The molecule has 138 valence electrons. The molecule has 1 fully saturated rings. The number of aliphatic carboxylic acids is 1. The number of likely N-dealkylation sites (tertiary alicyclic amines) is 1. The van der Waals surface area contributed by atoms with Crippen LogP contribution in [0.15, 0.2) is 0 Å². The smallest absolute Gasteiger partial charge is 0.410 e. The molecule has 24 heavy (non-hydrogen) atoms. The number of rotatable bonds is 3. The second kappa shape index (κ2) is 7.27. The second-order valence-corrected chi connectivity index (χ2v) is 7.97. The Morgan fingerprint density at radius 2 is 1.58 bits per heavy atom. The fourth-order valence-electron chi connectivity index (χ4n) is 2.36. The van der Waals surface area contributed by atoms with Gasteiger partial charge in [-0.1, -0.05) is 0 Å². The third-order valence-corrected chi connectivity index (χ3v) is 3.32. The highest BCUT2D eigenvalue weighted by atomic mass is 16.6. The first-order valence-electron chi connectivity index (χ1n) is 7.96. The van der Waals surface area contributed by atoms with Crippen LogP contribution in [0.5, 0.6) is 0 Å². The zero-order valence-electron chi connectivity index (χ0n) is 15.2. The number of amides is 2. The van der Waals surface area contributed by atoms with E-state index in [1.807, 2.05) is 0 Å². The lowest BCUT2D eigenvalue weighted by atomic mass is 9.96. The SMILES string of the molecule is CC(C)(C)OC(=O)NCC1CN(C(=O)OC(C)(C)C)CC1C(=O)O. The molecule has 1 aliphatic heterocycles. The summed E-state index contributed by atoms with van der Waals surface area (Å²) in [5.74, 6) is -2.16. The van der Waals surface area contributed by atoms with Gasteiger partial charge in [0.05, 0.1) is 5.92 Å². The normalized spacial score (nSPS) is 21.3. The van der Waals surface area contributed by atoms with Crippen LogP contribution in [0.25, 0.3) is 0 Å². The molecular weight excluding hydrogens is 316 g/mol. The molecule has 2 amide bonds. The van der Waals surface area contributed by atoms with Crippen molar-refractivity contribution in [2.75, 3.05) is 19.6 Å². The van der Waals surface area contributed by atoms with Gasteiger partial charge in [0.2, 0.25) is 0 Å². The van der Waals surface area contributed by atoms with Gasteiger partial charge in [-0.3, -0.25) is 4.79 Å². The summed E-state index contributed by atoms with van der Waals surface area (Å²) in [4.78, 5) is 36.6. The Morgan fingerprint density at radius 1 is 1.04 bits per heavy atom. The van der Waals surface area contributed by atoms with E-state index in [0.717, 1.165) is 0 Å². The van der Waals surface area contributed by atoms with E-state index in [2.05, 4.69) is 5.32 Å². The zero-order valence-corrected chi connectivity index (χ0v) is 15.2. The Balaban J connectivity index is 2.64. The molecule has 0 aliphatic carbocycles. The van der Waals surface area contributed by atoms with Crippen LogP contribution in [0.4, 0.5) is 9.59 Å². The molecule has 8 heteroatoms. The third-order valence-electron chi connectivity index (χ3n) is 3.32. The Kier molecular flexibility index (Phi) is 6.08. The molecule has 0 spiro atoms. The first-order chi connectivity index (χ1) is 10.8. The number of hydrogen-bond donors (Lipinski definition) is 2. The molecule has 1 rings (SSSR count). The van der Waals surface area contributed by atoms with Gasteiger partial charge in [0.1, 0.15) is 11.2 Å². The van der Waals surface area contributed by atoms with Gasteiger partial charge in [-0.15, -0.1) is 0 Å². The third kappa shape index (κ3) is 6.64. The topological polar surface area (TPSA) is 105 Å². The van der Waals surface area contributed by atoms with Crippen LogP contribution in [-0.2, 0) is 14.3 Å². The molecule has 2 N–H and O–H groups in total. The van der Waals surface area contributed by atoms with Crippen LogP contribution in [0, 0.1) is 11.8 Å². The number of alkyl carbamates (subject to hydrolysis) is 1. The number of nitrogens with one attached hydrogen (secondary N) is 1. The largest absolute Gasteiger partial charge is 0.481 e. The zero-order chi connectivity index (χ0) is 18.7. The van der Waals surface area contributed by atoms with Gasteiger partial charge in [0.25, 0.3) is 0 Å². The predicted molar refractivity (Wildman–Crippen MR) is 86.7 cm³/mol. The molecule has 0 aromatic rings. The molecule has 0 aromatic heterocycles. The van der Waals surface area contributed by atoms with Crippen LogP contribution >= 0.6 is 0 Å². The van der Waals surface area contributed by atoms with Crippen molar-refractivity contribution >= 4 is 18.2 Å². The lowest BCUT2D eigenvalue weighted by Gasteiger charge is -2.24. The number of hydrogen-bond acceptors (Lipinski definition) is 5. The molecule has 0 saturated carbocycles. The van der Waals surface area contributed by atoms with Crippen LogP contribution in [0.2, 0.25) is 0 Å². The van der Waals surface area contributed by atoms with Gasteiger partial charge < -0.3 is 24.8 Å². The van der Waals surface area contributed by atoms with Crippen molar-refractivity contribution < 1.29 is 29.0 Å². The van der Waals surface area contributed by atoms with Crippen LogP contribution in [0.3, 0.4) is 0 Å². The van der Waals surface area contributed by atoms with Crippen molar-refractivity contribution in [3.63, 3.8) is 0 Å². The predicted octanol–water partition coefficient (Wildman–Crippen LogP) is 2.08. The first-order valence-corrected chi connectivity index (χ1v) is 7.96. The molecule has 0 radical (unpaired) electrons. The van der Waals surface area contributed by atoms with Gasteiger partial charge in [0, 0.05) is 25.6 Å². The van der Waals surface area contributed by atoms with Crippen molar-refractivity contribution in [1.29, 1.82) is 0 Å². The minimum absolute atomic E-state index is 0.0604. The average molecular weight is 344 g/mol. The highest BCUT2D eigenvalue weighted by Gasteiger charge is 2.41. The maximum atomic E-state index is 12.1. The average Bonchev–Trinajstić information content (AvgIpc) is 2.76. The molecule has 0 aromatic carbocycles. The summed E-state index contributed by atoms with van der Waals surface area (Å²) >= 11 is 0. The summed E-state index contributed by atoms with van der Waals surface area (Å²) in [6.45, 7) is 10.9. The maximum Gasteiger partial charge on any atom is 0.410 e. The monoisotopic (exact) mass is 344 g/mol. The van der Waals surface area contributed by atoms with Crippen molar-refractivity contribution in [1.82, 2.24) is 10.2 Å². The van der Waals surface area contributed by atoms with Crippen molar-refractivity contribution in [2.24, 2.45) is 11.8 Å². The fraction of sp³-hybridized carbons (Fsp3) is 0.812. The second-order valence-electron chi connectivity index (χ2n) is 7.97. The van der Waals surface area contributed by atoms with E-state index in [0.29, 0.717) is 0 Å². The van der Waals surface area contributed by atoms with Gasteiger partial charge >= 0.3 is 18.2 Å². The van der Waals surface area contributed by atoms with Crippen molar-refractivity contribution in [3.8, 4) is 0 Å². The summed E-state index contributed by atoms with van der Waals surface area (Å²) < 4.78 is 10.4. The number of carbonyl (C=O) groups excluding carboxylic acids is 2. The minimum atomic E-state index is -1.00. The minimum Gasteiger partial charge on any atom is -0.481 e. The lowest BCUT2D eigenvalue weighted by Crippen LogP contribution is -2.38. The van der Waals surface area contributed by atoms with E-state index in [9.17, 15) is 19.5 Å². The van der Waals surface area contributed by atoms with E-state index in [-0.39, 0.29) is 19.6 Å². The molecule has 1 saturated heterocycles. The van der Waals surface area contributed by atoms with Gasteiger partial charge in [-0.05, 0) is 41.5 Å². The standard InChI is InChI=1S/C16H28N2O6/c1-15(2,3)23-13(21)17-7-10-8-18(9-11(10)12(19)20)14(22)24-16(4,5)6/h10-11H,7-9H2,1-6H3,(H,17,21)(H,19,20). The van der Waals surface area contributed by atoms with Gasteiger partial charge in [-0.2, -0.15) is 0 Å². The Labute approximate surface area is 142 Å². The molecule has 2 atom stereocenters. The Bertz CT molecular complexity index is 492. The van der Waals surface area contributed by atoms with E-state index in [1.54, 1.807) is 41.5 Å². The van der Waals surface area contributed by atoms with E-state index < -0.39 is 41.2 Å². The van der Waals surface area contributed by atoms with Crippen LogP contribution in [-0.4, -0.2) is 59.0 Å². The van der Waals surface area contributed by atoms with Gasteiger partial charge in [-0.25, -0.2) is 9.59 Å². The highest BCUT2D eigenvalue weighted by Crippen LogP contribution is 2.25. The van der Waals surface area contributed by atoms with Gasteiger partial charge in [0.15, 0.2) is 0 Å². The Hall–Kier alpha value is -1.99. The molecular formula is C16H28N2O6. The number of nitrogens with zero attached hydrogens (tertiary/aromatic N) is 1. The fourth-order valence-corrected chi connectivity index (χ4v) is 2.36. The maximum absolute atomic E-state index is 12.1. The lowest BCUT2D eigenvalue weighted by molar-refractivity contribution is -0.142. The van der Waals surface area contributed by atoms with E-state index >= 15 is 0 Å². The summed E-state index contributed by atoms with van der Waals surface area (Å²) in [6.07, 6.45) is -1.16.